The zero-order valence-corrected chi connectivity index (χ0v) is 17.3. The first-order valence-corrected chi connectivity index (χ1v) is 10.2. The highest BCUT2D eigenvalue weighted by atomic mass is 19.1. The van der Waals surface area contributed by atoms with Crippen molar-refractivity contribution in [3.63, 3.8) is 0 Å². The lowest BCUT2D eigenvalue weighted by Gasteiger charge is -2.31. The molecule has 1 aliphatic rings. The van der Waals surface area contributed by atoms with E-state index < -0.39 is 6.03 Å². The first-order chi connectivity index (χ1) is 14.9. The van der Waals surface area contributed by atoms with Crippen LogP contribution in [0.5, 0.6) is 0 Å². The maximum Gasteiger partial charge on any atom is 0.323 e. The summed E-state index contributed by atoms with van der Waals surface area (Å²) < 4.78 is 12.9. The standard InChI is InChI=1S/C22H26FN5O3/c1-2-24-20(29)15-11-13-28(14-12-15)22(31)27-19-9-7-18(8-10-19)26-21(30)25-17-5-3-16(23)4-6-17/h3-10,15H,2,11-14H2,1H3,(H,24,29)(H,27,31)(H2,25,26,30). The summed E-state index contributed by atoms with van der Waals surface area (Å²) in [4.78, 5) is 38.1. The Hall–Kier alpha value is -3.62. The number of urea groups is 2. The van der Waals surface area contributed by atoms with Crippen LogP contribution in [-0.4, -0.2) is 42.5 Å². The zero-order valence-electron chi connectivity index (χ0n) is 17.3. The van der Waals surface area contributed by atoms with Crippen LogP contribution in [0.4, 0.5) is 31.0 Å². The van der Waals surface area contributed by atoms with E-state index in [0.717, 1.165) is 0 Å². The molecule has 2 aromatic rings. The van der Waals surface area contributed by atoms with E-state index in [0.29, 0.717) is 49.5 Å². The maximum absolute atomic E-state index is 12.9. The molecule has 4 N–H and O–H groups in total. The van der Waals surface area contributed by atoms with Crippen molar-refractivity contribution in [1.29, 1.82) is 0 Å². The third-order valence-electron chi connectivity index (χ3n) is 5.00. The minimum absolute atomic E-state index is 0.0459. The van der Waals surface area contributed by atoms with Crippen LogP contribution in [0.2, 0.25) is 0 Å². The van der Waals surface area contributed by atoms with Crippen LogP contribution >= 0.6 is 0 Å². The van der Waals surface area contributed by atoms with Crippen molar-refractivity contribution in [2.24, 2.45) is 5.92 Å². The number of nitrogens with zero attached hydrogens (tertiary/aromatic N) is 1. The van der Waals surface area contributed by atoms with Gasteiger partial charge in [0.1, 0.15) is 5.82 Å². The average Bonchev–Trinajstić information content (AvgIpc) is 2.77. The largest absolute Gasteiger partial charge is 0.356 e. The second-order valence-corrected chi connectivity index (χ2v) is 7.25. The molecule has 164 valence electrons. The average molecular weight is 427 g/mol. The van der Waals surface area contributed by atoms with Gasteiger partial charge in [-0.05, 0) is 68.3 Å². The van der Waals surface area contributed by atoms with E-state index in [1.807, 2.05) is 6.92 Å². The Morgan fingerprint density at radius 1 is 0.871 bits per heavy atom. The molecule has 0 unspecified atom stereocenters. The monoisotopic (exact) mass is 427 g/mol. The quantitative estimate of drug-likeness (QED) is 0.583. The Balaban J connectivity index is 1.45. The van der Waals surface area contributed by atoms with E-state index >= 15 is 0 Å². The lowest BCUT2D eigenvalue weighted by Crippen LogP contribution is -2.44. The third-order valence-corrected chi connectivity index (χ3v) is 5.00. The molecule has 31 heavy (non-hydrogen) atoms. The van der Waals surface area contributed by atoms with Gasteiger partial charge in [0.2, 0.25) is 5.91 Å². The van der Waals surface area contributed by atoms with Gasteiger partial charge in [0.25, 0.3) is 0 Å². The predicted molar refractivity (Wildman–Crippen MR) is 117 cm³/mol. The van der Waals surface area contributed by atoms with Crippen LogP contribution in [-0.2, 0) is 4.79 Å². The molecule has 1 saturated heterocycles. The number of benzene rings is 2. The molecule has 0 spiro atoms. The topological polar surface area (TPSA) is 103 Å². The molecule has 0 aromatic heterocycles. The Kier molecular flexibility index (Phi) is 7.42. The highest BCUT2D eigenvalue weighted by molar-refractivity contribution is 6.00. The van der Waals surface area contributed by atoms with E-state index in [4.69, 9.17) is 0 Å². The van der Waals surface area contributed by atoms with Gasteiger partial charge in [-0.3, -0.25) is 4.79 Å². The summed E-state index contributed by atoms with van der Waals surface area (Å²) in [6.45, 7) is 3.55. The molecule has 0 radical (unpaired) electrons. The van der Waals surface area contributed by atoms with Gasteiger partial charge in [-0.2, -0.15) is 0 Å². The summed E-state index contributed by atoms with van der Waals surface area (Å²) in [6, 6.07) is 11.5. The van der Waals surface area contributed by atoms with Gasteiger partial charge >= 0.3 is 12.1 Å². The molecular formula is C22H26FN5O3. The lowest BCUT2D eigenvalue weighted by molar-refractivity contribution is -0.126. The normalized spacial score (nSPS) is 13.9. The zero-order chi connectivity index (χ0) is 22.2. The molecule has 3 rings (SSSR count). The van der Waals surface area contributed by atoms with E-state index in [1.54, 1.807) is 29.2 Å². The Morgan fingerprint density at radius 3 is 1.87 bits per heavy atom. The number of hydrogen-bond donors (Lipinski definition) is 4. The SMILES string of the molecule is CCNC(=O)C1CCN(C(=O)Nc2ccc(NC(=O)Nc3ccc(F)cc3)cc2)CC1. The van der Waals surface area contributed by atoms with E-state index in [9.17, 15) is 18.8 Å². The van der Waals surface area contributed by atoms with Crippen molar-refractivity contribution in [2.45, 2.75) is 19.8 Å². The minimum Gasteiger partial charge on any atom is -0.356 e. The highest BCUT2D eigenvalue weighted by Crippen LogP contribution is 2.19. The number of halogens is 1. The molecule has 0 aliphatic carbocycles. The number of rotatable bonds is 5. The molecule has 1 aliphatic heterocycles. The molecular weight excluding hydrogens is 401 g/mol. The molecule has 8 nitrogen and oxygen atoms in total. The predicted octanol–water partition coefficient (Wildman–Crippen LogP) is 3.85. The fraction of sp³-hybridized carbons (Fsp3) is 0.318. The van der Waals surface area contributed by atoms with Gasteiger partial charge in [0.15, 0.2) is 0 Å². The van der Waals surface area contributed by atoms with Gasteiger partial charge < -0.3 is 26.2 Å². The smallest absolute Gasteiger partial charge is 0.323 e. The second-order valence-electron chi connectivity index (χ2n) is 7.25. The van der Waals surface area contributed by atoms with Crippen LogP contribution in [0.25, 0.3) is 0 Å². The summed E-state index contributed by atoms with van der Waals surface area (Å²) >= 11 is 0. The maximum atomic E-state index is 12.9. The van der Waals surface area contributed by atoms with Gasteiger partial charge in [-0.15, -0.1) is 0 Å². The van der Waals surface area contributed by atoms with E-state index in [1.165, 1.54) is 24.3 Å². The summed E-state index contributed by atoms with van der Waals surface area (Å²) in [5.41, 5.74) is 1.61. The first kappa shape index (κ1) is 22.1. The molecule has 1 fully saturated rings. The van der Waals surface area contributed by atoms with Gasteiger partial charge in [0, 0.05) is 42.6 Å². The molecule has 5 amide bonds. The van der Waals surface area contributed by atoms with Gasteiger partial charge in [-0.25, -0.2) is 14.0 Å². The van der Waals surface area contributed by atoms with Crippen molar-refractivity contribution in [3.05, 3.63) is 54.3 Å². The number of piperidine rings is 1. The molecule has 1 heterocycles. The summed E-state index contributed by atoms with van der Waals surface area (Å²) in [7, 11) is 0. The molecule has 0 atom stereocenters. The number of carbonyl (C=O) groups is 3. The Morgan fingerprint density at radius 2 is 1.35 bits per heavy atom. The second kappa shape index (κ2) is 10.4. The van der Waals surface area contributed by atoms with Gasteiger partial charge in [0.05, 0.1) is 0 Å². The number of anilines is 3. The lowest BCUT2D eigenvalue weighted by atomic mass is 9.96. The summed E-state index contributed by atoms with van der Waals surface area (Å²) in [6.07, 6.45) is 1.29. The third kappa shape index (κ3) is 6.43. The highest BCUT2D eigenvalue weighted by Gasteiger charge is 2.27. The minimum atomic E-state index is -0.460. The van der Waals surface area contributed by atoms with Crippen LogP contribution in [0.15, 0.2) is 48.5 Å². The van der Waals surface area contributed by atoms with E-state index in [-0.39, 0.29) is 23.7 Å². The Bertz CT molecular complexity index is 910. The van der Waals surface area contributed by atoms with Crippen molar-refractivity contribution >= 4 is 35.0 Å². The van der Waals surface area contributed by atoms with Crippen LogP contribution in [0, 0.1) is 11.7 Å². The number of amides is 5. The number of nitrogens with one attached hydrogen (secondary N) is 4. The van der Waals surface area contributed by atoms with Crippen molar-refractivity contribution in [1.82, 2.24) is 10.2 Å². The molecule has 2 aromatic carbocycles. The number of carbonyl (C=O) groups excluding carboxylic acids is 3. The molecule has 0 bridgehead atoms. The first-order valence-electron chi connectivity index (χ1n) is 10.2. The molecule has 0 saturated carbocycles. The van der Waals surface area contributed by atoms with Crippen LogP contribution in [0.1, 0.15) is 19.8 Å². The van der Waals surface area contributed by atoms with Crippen LogP contribution in [0.3, 0.4) is 0 Å². The fourth-order valence-electron chi connectivity index (χ4n) is 3.33. The number of hydrogen-bond acceptors (Lipinski definition) is 3. The summed E-state index contributed by atoms with van der Waals surface area (Å²) in [5.74, 6) is -0.375. The van der Waals surface area contributed by atoms with E-state index in [2.05, 4.69) is 21.3 Å². The van der Waals surface area contributed by atoms with Crippen molar-refractivity contribution in [2.75, 3.05) is 35.6 Å². The van der Waals surface area contributed by atoms with Crippen LogP contribution < -0.4 is 21.3 Å². The fourth-order valence-corrected chi connectivity index (χ4v) is 3.33. The number of likely N-dealkylation sites (tertiary alicyclic amines) is 1. The summed E-state index contributed by atoms with van der Waals surface area (Å²) in [5, 5.41) is 10.9. The van der Waals surface area contributed by atoms with Crippen molar-refractivity contribution < 1.29 is 18.8 Å². The van der Waals surface area contributed by atoms with Crippen molar-refractivity contribution in [3.8, 4) is 0 Å². The molecule has 9 heteroatoms. The Labute approximate surface area is 180 Å². The van der Waals surface area contributed by atoms with Gasteiger partial charge in [-0.1, -0.05) is 0 Å².